The summed E-state index contributed by atoms with van der Waals surface area (Å²) in [6.07, 6.45) is 32.1. The lowest BCUT2D eigenvalue weighted by Gasteiger charge is -2.41. The molecular weight excluding hydrogens is 1480 g/mol. The molecule has 0 rings (SSSR count). The van der Waals surface area contributed by atoms with Gasteiger partial charge < -0.3 is 151 Å². The number of hydrogen-bond donors (Lipinski definition) is 16. The van der Waals surface area contributed by atoms with Crippen LogP contribution in [0.5, 0.6) is 0 Å². The highest BCUT2D eigenvalue weighted by Crippen LogP contribution is 2.19. The first kappa shape index (κ1) is 117. The molecule has 0 atom stereocenters. The molecule has 0 radical (unpaired) electrons. The second-order valence-electron chi connectivity index (χ2n) is 34.0. The Bertz CT molecular complexity index is 1520. The SMILES string of the molecule is CCCC(N(CCCN(CCCN(CCCN)CCCN)CCCN(CCCN)CCCN)CCCN(CCCN(CCCN)CCCN)CCCN(CCCN)CCCN)N(CCCN(CCCN(CCCN)CCCN)CCCN(CCCN)CCCN)CCCN(CCCN(CCCN)CCCN)CCCN(CCCN)CCCN. The molecule has 30 heteroatoms. The van der Waals surface area contributed by atoms with Crippen molar-refractivity contribution in [3.05, 3.63) is 0 Å². The molecule has 0 aromatic rings. The number of rotatable bonds is 100. The molecule has 0 aliphatic rings. The molecule has 30 nitrogen and oxygen atoms in total. The first-order valence-electron chi connectivity index (χ1n) is 49.3. The minimum absolute atomic E-state index is 0.290. The quantitative estimate of drug-likeness (QED) is 0.0371. The third-order valence-corrected chi connectivity index (χ3v) is 23.5. The molecule has 118 heavy (non-hydrogen) atoms. The van der Waals surface area contributed by atoms with Gasteiger partial charge in [0.05, 0.1) is 6.17 Å². The van der Waals surface area contributed by atoms with Crippen molar-refractivity contribution >= 4 is 0 Å². The molecule has 0 heterocycles. The van der Waals surface area contributed by atoms with Gasteiger partial charge in [0.25, 0.3) is 0 Å². The van der Waals surface area contributed by atoms with Crippen LogP contribution >= 0.6 is 0 Å². The molecule has 0 aliphatic heterocycles. The number of nitrogens with two attached hydrogens (primary N) is 16. The van der Waals surface area contributed by atoms with Crippen molar-refractivity contribution in [2.75, 3.05) is 367 Å². The van der Waals surface area contributed by atoms with Crippen molar-refractivity contribution in [3.8, 4) is 0 Å². The lowest BCUT2D eigenvalue weighted by molar-refractivity contribution is 0.0235. The van der Waals surface area contributed by atoms with E-state index >= 15 is 0 Å². The fourth-order valence-electron chi connectivity index (χ4n) is 16.9. The Morgan fingerprint density at radius 3 is 0.297 bits per heavy atom. The Labute approximate surface area is 729 Å². The van der Waals surface area contributed by atoms with Crippen LogP contribution < -0.4 is 91.7 Å². The summed E-state index contributed by atoms with van der Waals surface area (Å²) in [5.41, 5.74) is 98.3. The summed E-state index contributed by atoms with van der Waals surface area (Å²) in [5, 5.41) is 0. The van der Waals surface area contributed by atoms with Crippen molar-refractivity contribution in [1.29, 1.82) is 0 Å². The number of nitrogens with zero attached hydrogens (tertiary/aromatic N) is 14. The molecule has 0 unspecified atom stereocenters. The third-order valence-electron chi connectivity index (χ3n) is 23.5. The summed E-state index contributed by atoms with van der Waals surface area (Å²) in [6.45, 7) is 55.7. The van der Waals surface area contributed by atoms with Gasteiger partial charge in [0, 0.05) is 26.2 Å². The first-order chi connectivity index (χ1) is 57.9. The van der Waals surface area contributed by atoms with Crippen LogP contribution in [0.25, 0.3) is 0 Å². The van der Waals surface area contributed by atoms with Crippen LogP contribution in [-0.4, -0.2) is 441 Å². The highest BCUT2D eigenvalue weighted by Gasteiger charge is 2.27. The van der Waals surface area contributed by atoms with Gasteiger partial charge in [-0.15, -0.1) is 0 Å². The Kier molecular flexibility index (Phi) is 89.7. The summed E-state index contributed by atoms with van der Waals surface area (Å²) in [7, 11) is 0. The van der Waals surface area contributed by atoms with E-state index in [1.54, 1.807) is 0 Å². The van der Waals surface area contributed by atoms with E-state index in [2.05, 4.69) is 75.5 Å². The van der Waals surface area contributed by atoms with Crippen LogP contribution in [0.1, 0.15) is 200 Å². The van der Waals surface area contributed by atoms with E-state index < -0.39 is 0 Å². The third kappa shape index (κ3) is 69.9. The van der Waals surface area contributed by atoms with E-state index in [9.17, 15) is 0 Å². The van der Waals surface area contributed by atoms with Gasteiger partial charge in [-0.25, -0.2) is 0 Å². The predicted octanol–water partition coefficient (Wildman–Crippen LogP) is 0.603. The summed E-state index contributed by atoms with van der Waals surface area (Å²) in [4.78, 5) is 38.3. The lowest BCUT2D eigenvalue weighted by atomic mass is 10.1. The van der Waals surface area contributed by atoms with Crippen molar-refractivity contribution in [1.82, 2.24) is 68.6 Å². The van der Waals surface area contributed by atoms with E-state index in [0.717, 1.165) is 454 Å². The molecule has 0 bridgehead atoms. The Morgan fingerprint density at radius 2 is 0.212 bits per heavy atom. The molecule has 0 amide bonds. The normalized spacial score (nSPS) is 12.6. The van der Waals surface area contributed by atoms with E-state index in [-0.39, 0.29) is 6.17 Å². The largest absolute Gasteiger partial charge is 0.330 e. The summed E-state index contributed by atoms with van der Waals surface area (Å²) in [5.74, 6) is 0. The van der Waals surface area contributed by atoms with E-state index in [4.69, 9.17) is 91.7 Å². The van der Waals surface area contributed by atoms with Gasteiger partial charge in [-0.05, 0) is 527 Å². The van der Waals surface area contributed by atoms with E-state index in [1.165, 1.54) is 0 Å². The zero-order valence-electron chi connectivity index (χ0n) is 77.9. The molecule has 0 saturated carbocycles. The van der Waals surface area contributed by atoms with Crippen LogP contribution in [0.15, 0.2) is 0 Å². The summed E-state index contributed by atoms with van der Waals surface area (Å²) >= 11 is 0. The molecule has 0 aromatic carbocycles. The summed E-state index contributed by atoms with van der Waals surface area (Å²) in [6, 6.07) is 0. The van der Waals surface area contributed by atoms with Crippen LogP contribution in [0.3, 0.4) is 0 Å². The summed E-state index contributed by atoms with van der Waals surface area (Å²) < 4.78 is 0. The van der Waals surface area contributed by atoms with Crippen LogP contribution in [-0.2, 0) is 0 Å². The first-order valence-corrected chi connectivity index (χ1v) is 49.3. The van der Waals surface area contributed by atoms with Gasteiger partial charge in [-0.3, -0.25) is 9.80 Å². The molecule has 0 saturated heterocycles. The van der Waals surface area contributed by atoms with Crippen molar-refractivity contribution in [3.63, 3.8) is 0 Å². The molecule has 0 aliphatic carbocycles. The molecule has 0 spiro atoms. The number of hydrogen-bond acceptors (Lipinski definition) is 30. The Hall–Kier alpha value is -1.20. The average molecular weight is 1690 g/mol. The van der Waals surface area contributed by atoms with E-state index in [0.29, 0.717) is 105 Å². The van der Waals surface area contributed by atoms with Gasteiger partial charge in [-0.2, -0.15) is 0 Å². The minimum atomic E-state index is 0.290. The topological polar surface area (TPSA) is 462 Å². The Balaban J connectivity index is 8.57. The zero-order valence-corrected chi connectivity index (χ0v) is 77.9. The van der Waals surface area contributed by atoms with Crippen molar-refractivity contribution in [2.24, 2.45) is 91.7 Å². The zero-order chi connectivity index (χ0) is 86.5. The smallest absolute Gasteiger partial charge is 0.0622 e. The fraction of sp³-hybridized carbons (Fsp3) is 1.00. The molecular formula is C88H208N30. The maximum atomic E-state index is 6.14. The maximum absolute atomic E-state index is 6.14. The van der Waals surface area contributed by atoms with Crippen LogP contribution in [0.2, 0.25) is 0 Å². The van der Waals surface area contributed by atoms with E-state index in [1.807, 2.05) is 0 Å². The standard InChI is InChI=1S/C88H208N30/c1-2-31-88(117(84-27-80-113(72-19-64-105(48-3-32-89)49-4-33-90)73-20-65-106(50-5-34-91)51-6-35-92)85-28-81-114(74-21-66-107(52-7-36-93)53-8-37-94)75-22-67-108(54-9-38-95)55-10-39-96)118(86-29-82-115(76-23-68-109(56-11-40-97)57-12-41-98)77-24-69-110(58-13-42-99)59-14-43-100)87-30-83-116(78-25-70-111(60-15-44-101)61-16-45-102)79-26-71-112(62-17-46-103)63-18-47-104/h88H,2-87,89-104H2,1H3. The fourth-order valence-corrected chi connectivity index (χ4v) is 16.9. The van der Waals surface area contributed by atoms with Crippen molar-refractivity contribution in [2.45, 2.75) is 206 Å². The van der Waals surface area contributed by atoms with Crippen LogP contribution in [0, 0.1) is 0 Å². The minimum Gasteiger partial charge on any atom is -0.330 e. The molecule has 0 fully saturated rings. The van der Waals surface area contributed by atoms with Crippen LogP contribution in [0.4, 0.5) is 0 Å². The Morgan fingerprint density at radius 1 is 0.127 bits per heavy atom. The highest BCUT2D eigenvalue weighted by molar-refractivity contribution is 4.80. The lowest BCUT2D eigenvalue weighted by Crippen LogP contribution is -2.51. The van der Waals surface area contributed by atoms with Gasteiger partial charge in [-0.1, -0.05) is 13.3 Å². The monoisotopic (exact) mass is 1690 g/mol. The molecule has 0 aromatic heterocycles. The van der Waals surface area contributed by atoms with Gasteiger partial charge >= 0.3 is 0 Å². The highest BCUT2D eigenvalue weighted by atomic mass is 15.4. The maximum Gasteiger partial charge on any atom is 0.0622 e. The predicted molar refractivity (Wildman–Crippen MR) is 513 cm³/mol. The molecule has 32 N–H and O–H groups in total. The van der Waals surface area contributed by atoms with Crippen molar-refractivity contribution < 1.29 is 0 Å². The second-order valence-corrected chi connectivity index (χ2v) is 34.0. The second kappa shape index (κ2) is 90.6. The van der Waals surface area contributed by atoms with Gasteiger partial charge in [0.2, 0.25) is 0 Å². The van der Waals surface area contributed by atoms with Gasteiger partial charge in [0.1, 0.15) is 0 Å². The molecule has 710 valence electrons. The average Bonchev–Trinajstić information content (AvgIpc) is 0.863. The van der Waals surface area contributed by atoms with Gasteiger partial charge in [0.15, 0.2) is 0 Å².